The minimum Gasteiger partial charge on any atom is -0.467 e. The molecule has 2 heterocycles. The number of esters is 1. The SMILES string of the molecule is COC(=O)c1coc(CNc2cn[nH]c2)c1. The highest BCUT2D eigenvalue weighted by Gasteiger charge is 2.09. The second-order valence-electron chi connectivity index (χ2n) is 3.13. The number of hydrogen-bond acceptors (Lipinski definition) is 5. The van der Waals surface area contributed by atoms with Crippen LogP contribution in [0.2, 0.25) is 0 Å². The molecule has 2 N–H and O–H groups in total. The Balaban J connectivity index is 1.95. The zero-order chi connectivity index (χ0) is 11.4. The van der Waals surface area contributed by atoms with E-state index in [1.54, 1.807) is 18.5 Å². The van der Waals surface area contributed by atoms with Gasteiger partial charge in [-0.3, -0.25) is 5.10 Å². The van der Waals surface area contributed by atoms with Gasteiger partial charge in [0.15, 0.2) is 0 Å². The molecule has 0 radical (unpaired) electrons. The van der Waals surface area contributed by atoms with Gasteiger partial charge in [0.05, 0.1) is 31.1 Å². The van der Waals surface area contributed by atoms with Crippen LogP contribution in [0.25, 0.3) is 0 Å². The summed E-state index contributed by atoms with van der Waals surface area (Å²) in [6, 6.07) is 1.64. The van der Waals surface area contributed by atoms with Crippen molar-refractivity contribution in [1.29, 1.82) is 0 Å². The molecule has 2 rings (SSSR count). The maximum Gasteiger partial charge on any atom is 0.341 e. The predicted octanol–water partition coefficient (Wildman–Crippen LogP) is 1.40. The smallest absolute Gasteiger partial charge is 0.341 e. The van der Waals surface area contributed by atoms with Gasteiger partial charge < -0.3 is 14.5 Å². The average Bonchev–Trinajstić information content (AvgIpc) is 2.96. The summed E-state index contributed by atoms with van der Waals surface area (Å²) in [4.78, 5) is 11.1. The van der Waals surface area contributed by atoms with E-state index in [-0.39, 0.29) is 0 Å². The lowest BCUT2D eigenvalue weighted by Gasteiger charge is -1.98. The van der Waals surface area contributed by atoms with Gasteiger partial charge in [0.25, 0.3) is 0 Å². The molecule has 0 fully saturated rings. The lowest BCUT2D eigenvalue weighted by Crippen LogP contribution is -1.99. The first kappa shape index (κ1) is 10.3. The van der Waals surface area contributed by atoms with Crippen LogP contribution in [-0.2, 0) is 11.3 Å². The highest BCUT2D eigenvalue weighted by molar-refractivity contribution is 5.88. The van der Waals surface area contributed by atoms with Gasteiger partial charge in [-0.05, 0) is 6.07 Å². The van der Waals surface area contributed by atoms with E-state index in [0.29, 0.717) is 17.9 Å². The summed E-state index contributed by atoms with van der Waals surface area (Å²) in [6.45, 7) is 0.483. The molecule has 0 spiro atoms. The Labute approximate surface area is 91.6 Å². The minimum absolute atomic E-state index is 0.404. The summed E-state index contributed by atoms with van der Waals surface area (Å²) in [5.74, 6) is 0.250. The van der Waals surface area contributed by atoms with Crippen LogP contribution in [0, 0.1) is 0 Å². The molecule has 6 heteroatoms. The molecular weight excluding hydrogens is 210 g/mol. The van der Waals surface area contributed by atoms with Crippen molar-refractivity contribution in [3.8, 4) is 0 Å². The number of nitrogens with one attached hydrogen (secondary N) is 2. The first-order chi connectivity index (χ1) is 7.79. The topological polar surface area (TPSA) is 80.2 Å². The van der Waals surface area contributed by atoms with Gasteiger partial charge in [-0.1, -0.05) is 0 Å². The maximum absolute atomic E-state index is 11.1. The molecule has 0 unspecified atom stereocenters. The van der Waals surface area contributed by atoms with Crippen LogP contribution < -0.4 is 5.32 Å². The first-order valence-corrected chi connectivity index (χ1v) is 4.68. The van der Waals surface area contributed by atoms with Gasteiger partial charge in [0.1, 0.15) is 12.0 Å². The van der Waals surface area contributed by atoms with Crippen LogP contribution in [0.5, 0.6) is 0 Å². The van der Waals surface area contributed by atoms with Crippen molar-refractivity contribution in [3.63, 3.8) is 0 Å². The van der Waals surface area contributed by atoms with E-state index in [4.69, 9.17) is 4.42 Å². The third-order valence-corrected chi connectivity index (χ3v) is 2.04. The van der Waals surface area contributed by atoms with E-state index >= 15 is 0 Å². The molecule has 0 atom stereocenters. The van der Waals surface area contributed by atoms with E-state index in [1.165, 1.54) is 13.4 Å². The van der Waals surface area contributed by atoms with Crippen molar-refractivity contribution in [2.24, 2.45) is 0 Å². The average molecular weight is 221 g/mol. The minimum atomic E-state index is -0.404. The molecule has 0 aliphatic heterocycles. The number of aromatic nitrogens is 2. The molecule has 0 saturated heterocycles. The molecule has 0 bridgehead atoms. The molecule has 6 nitrogen and oxygen atoms in total. The second kappa shape index (κ2) is 4.52. The van der Waals surface area contributed by atoms with E-state index < -0.39 is 5.97 Å². The summed E-state index contributed by atoms with van der Waals surface area (Å²) in [5, 5.41) is 9.54. The molecular formula is C10H11N3O3. The number of methoxy groups -OCH3 is 1. The zero-order valence-electron chi connectivity index (χ0n) is 8.69. The molecule has 2 aromatic heterocycles. The Kier molecular flexibility index (Phi) is 2.90. The molecule has 2 aromatic rings. The van der Waals surface area contributed by atoms with E-state index in [2.05, 4.69) is 20.3 Å². The van der Waals surface area contributed by atoms with Gasteiger partial charge in [0.2, 0.25) is 0 Å². The van der Waals surface area contributed by atoms with E-state index in [0.717, 1.165) is 5.69 Å². The number of anilines is 1. The quantitative estimate of drug-likeness (QED) is 0.763. The molecule has 0 aliphatic rings. The highest BCUT2D eigenvalue weighted by atomic mass is 16.5. The van der Waals surface area contributed by atoms with E-state index in [9.17, 15) is 4.79 Å². The maximum atomic E-state index is 11.1. The lowest BCUT2D eigenvalue weighted by molar-refractivity contribution is 0.0600. The third kappa shape index (κ3) is 2.22. The fourth-order valence-electron chi connectivity index (χ4n) is 1.23. The van der Waals surface area contributed by atoms with Gasteiger partial charge in [-0.15, -0.1) is 0 Å². The van der Waals surface area contributed by atoms with Crippen molar-refractivity contribution in [2.75, 3.05) is 12.4 Å². The summed E-state index contributed by atoms with van der Waals surface area (Å²) in [6.07, 6.45) is 4.76. The Morgan fingerprint density at radius 3 is 3.25 bits per heavy atom. The van der Waals surface area contributed by atoms with Crippen LogP contribution in [0.3, 0.4) is 0 Å². The molecule has 84 valence electrons. The first-order valence-electron chi connectivity index (χ1n) is 4.68. The summed E-state index contributed by atoms with van der Waals surface area (Å²) in [7, 11) is 1.33. The van der Waals surface area contributed by atoms with Crippen molar-refractivity contribution in [1.82, 2.24) is 10.2 Å². The van der Waals surface area contributed by atoms with Gasteiger partial charge in [0, 0.05) is 6.20 Å². The monoisotopic (exact) mass is 221 g/mol. The Morgan fingerprint density at radius 2 is 2.56 bits per heavy atom. The number of ether oxygens (including phenoxy) is 1. The number of carbonyl (C=O) groups excluding carboxylic acids is 1. The summed E-state index contributed by atoms with van der Waals surface area (Å²) in [5.41, 5.74) is 1.27. The number of rotatable bonds is 4. The number of carbonyl (C=O) groups is 1. The van der Waals surface area contributed by atoms with Crippen LogP contribution in [-0.4, -0.2) is 23.3 Å². The third-order valence-electron chi connectivity index (χ3n) is 2.04. The van der Waals surface area contributed by atoms with Crippen LogP contribution in [0.4, 0.5) is 5.69 Å². The fraction of sp³-hybridized carbons (Fsp3) is 0.200. The number of H-pyrrole nitrogens is 1. The number of aromatic amines is 1. The largest absolute Gasteiger partial charge is 0.467 e. The summed E-state index contributed by atoms with van der Waals surface area (Å²) < 4.78 is 9.76. The van der Waals surface area contributed by atoms with Crippen LogP contribution >= 0.6 is 0 Å². The Hall–Kier alpha value is -2.24. The molecule has 0 amide bonds. The Bertz CT molecular complexity index is 461. The fourth-order valence-corrected chi connectivity index (χ4v) is 1.23. The standard InChI is InChI=1S/C10H11N3O3/c1-15-10(14)7-2-9(16-6-7)5-11-8-3-12-13-4-8/h2-4,6,11H,5H2,1H3,(H,12,13). The molecule has 0 aromatic carbocycles. The zero-order valence-corrected chi connectivity index (χ0v) is 8.69. The van der Waals surface area contributed by atoms with Crippen molar-refractivity contribution >= 4 is 11.7 Å². The van der Waals surface area contributed by atoms with Crippen LogP contribution in [0.15, 0.2) is 29.1 Å². The van der Waals surface area contributed by atoms with Crippen LogP contribution in [0.1, 0.15) is 16.1 Å². The molecule has 0 aliphatic carbocycles. The Morgan fingerprint density at radius 1 is 1.69 bits per heavy atom. The van der Waals surface area contributed by atoms with Crippen molar-refractivity contribution in [3.05, 3.63) is 36.0 Å². The highest BCUT2D eigenvalue weighted by Crippen LogP contribution is 2.11. The molecule has 0 saturated carbocycles. The number of hydrogen-bond donors (Lipinski definition) is 2. The molecule has 16 heavy (non-hydrogen) atoms. The lowest BCUT2D eigenvalue weighted by atomic mass is 10.3. The summed E-state index contributed by atoms with van der Waals surface area (Å²) >= 11 is 0. The van der Waals surface area contributed by atoms with Crippen molar-refractivity contribution < 1.29 is 13.9 Å². The van der Waals surface area contributed by atoms with Gasteiger partial charge >= 0.3 is 5.97 Å². The van der Waals surface area contributed by atoms with Gasteiger partial charge in [-0.25, -0.2) is 4.79 Å². The number of furan rings is 1. The second-order valence-corrected chi connectivity index (χ2v) is 3.13. The van der Waals surface area contributed by atoms with E-state index in [1.807, 2.05) is 0 Å². The normalized spacial score (nSPS) is 10.1. The predicted molar refractivity (Wildman–Crippen MR) is 56.0 cm³/mol. The number of nitrogens with zero attached hydrogens (tertiary/aromatic N) is 1. The van der Waals surface area contributed by atoms with Gasteiger partial charge in [-0.2, -0.15) is 5.10 Å². The van der Waals surface area contributed by atoms with Crippen molar-refractivity contribution in [2.45, 2.75) is 6.54 Å².